The van der Waals surface area contributed by atoms with Crippen LogP contribution < -0.4 is 0 Å². The first-order valence-electron chi connectivity index (χ1n) is 2.39. The maximum atomic E-state index is 11.2. The number of rotatable bonds is 4. The van der Waals surface area contributed by atoms with Crippen molar-refractivity contribution in [3.63, 3.8) is 0 Å². The van der Waals surface area contributed by atoms with Gasteiger partial charge in [0.25, 0.3) is 0 Å². The largest absolute Gasteiger partial charge is 0.251 e. The quantitative estimate of drug-likeness (QED) is 0.483. The van der Waals surface area contributed by atoms with Gasteiger partial charge in [-0.25, -0.2) is 4.39 Å². The number of alkyl halides is 1. The smallest absolute Gasteiger partial charge is 0.131 e. The van der Waals surface area contributed by atoms with Gasteiger partial charge in [-0.2, -0.15) is 0 Å². The van der Waals surface area contributed by atoms with Crippen LogP contribution >= 0.6 is 0 Å². The van der Waals surface area contributed by atoms with E-state index in [4.69, 9.17) is 0 Å². The lowest BCUT2D eigenvalue weighted by Crippen LogP contribution is -1.75. The van der Waals surface area contributed by atoms with Crippen molar-refractivity contribution in [2.45, 2.75) is 19.3 Å². The molecule has 7 heavy (non-hydrogen) atoms. The Morgan fingerprint density at radius 3 is 2.43 bits per heavy atom. The number of hydrogen-bond acceptors (Lipinski definition) is 0. The zero-order valence-electron chi connectivity index (χ0n) is 4.16. The van der Waals surface area contributed by atoms with Crippen LogP contribution in [0.5, 0.6) is 0 Å². The first-order valence-corrected chi connectivity index (χ1v) is 2.39. The Morgan fingerprint density at radius 2 is 2.00 bits per heavy atom. The highest BCUT2D eigenvalue weighted by Crippen LogP contribution is 1.98. The second kappa shape index (κ2) is 5.86. The molecule has 0 aliphatic rings. The Kier molecular flexibility index (Phi) is 5.74. The minimum absolute atomic E-state index is 0.326. The summed E-state index contributed by atoms with van der Waals surface area (Å²) in [5.74, 6) is 0. The van der Waals surface area contributed by atoms with E-state index in [0.29, 0.717) is 25.9 Å². The highest BCUT2D eigenvalue weighted by Gasteiger charge is 1.84. The number of hydrogen-bond donors (Lipinski definition) is 0. The van der Waals surface area contributed by atoms with E-state index in [9.17, 15) is 8.78 Å². The SMILES string of the molecule is F[CH]CCCCF. The van der Waals surface area contributed by atoms with Gasteiger partial charge in [-0.15, -0.1) is 0 Å². The average Bonchev–Trinajstić information content (AvgIpc) is 1.69. The van der Waals surface area contributed by atoms with Crippen LogP contribution in [0, 0.1) is 6.67 Å². The minimum Gasteiger partial charge on any atom is -0.251 e. The van der Waals surface area contributed by atoms with E-state index in [1.165, 1.54) is 0 Å². The normalized spacial score (nSPS) is 9.43. The Bertz CT molecular complexity index is 25.3. The average molecular weight is 107 g/mol. The fraction of sp³-hybridized carbons (Fsp3) is 0.800. The Labute approximate surface area is 42.5 Å². The predicted molar refractivity (Wildman–Crippen MR) is 25.2 cm³/mol. The molecule has 0 aliphatic heterocycles. The van der Waals surface area contributed by atoms with Crippen LogP contribution in [0.2, 0.25) is 0 Å². The van der Waals surface area contributed by atoms with Gasteiger partial charge in [0, 0.05) is 0 Å². The van der Waals surface area contributed by atoms with E-state index in [1.54, 1.807) is 0 Å². The molecule has 0 unspecified atom stereocenters. The maximum Gasteiger partial charge on any atom is 0.131 e. The third kappa shape index (κ3) is 5.86. The van der Waals surface area contributed by atoms with E-state index >= 15 is 0 Å². The molecule has 0 spiro atoms. The zero-order chi connectivity index (χ0) is 5.54. The summed E-state index contributed by atoms with van der Waals surface area (Å²) in [6, 6.07) is 0. The summed E-state index contributed by atoms with van der Waals surface area (Å²) in [5.41, 5.74) is 0. The van der Waals surface area contributed by atoms with Crippen molar-refractivity contribution in [3.8, 4) is 0 Å². The lowest BCUT2D eigenvalue weighted by molar-refractivity contribution is 0.449. The molecule has 0 atom stereocenters. The molecule has 0 nitrogen and oxygen atoms in total. The molecule has 43 valence electrons. The second-order valence-corrected chi connectivity index (χ2v) is 1.34. The van der Waals surface area contributed by atoms with Crippen LogP contribution in [0.15, 0.2) is 0 Å². The first kappa shape index (κ1) is 6.86. The molecule has 0 N–H and O–H groups in total. The topological polar surface area (TPSA) is 0 Å². The zero-order valence-corrected chi connectivity index (χ0v) is 4.16. The maximum absolute atomic E-state index is 11.2. The highest BCUT2D eigenvalue weighted by molar-refractivity contribution is 4.46. The predicted octanol–water partition coefficient (Wildman–Crippen LogP) is 2.26. The van der Waals surface area contributed by atoms with E-state index in [-0.39, 0.29) is 6.67 Å². The molecule has 0 heterocycles. The summed E-state index contributed by atoms with van der Waals surface area (Å²) in [5, 5.41) is 0. The first-order chi connectivity index (χ1) is 3.41. The van der Waals surface area contributed by atoms with E-state index < -0.39 is 0 Å². The molecule has 1 radical (unpaired) electrons. The highest BCUT2D eigenvalue weighted by atomic mass is 19.1. The third-order valence-electron chi connectivity index (χ3n) is 0.697. The van der Waals surface area contributed by atoms with Crippen molar-refractivity contribution in [1.82, 2.24) is 0 Å². The molecule has 2 heteroatoms. The van der Waals surface area contributed by atoms with Crippen LogP contribution in [0.3, 0.4) is 0 Å². The fourth-order valence-electron chi connectivity index (χ4n) is 0.316. The van der Waals surface area contributed by atoms with E-state index in [2.05, 4.69) is 0 Å². The molecule has 0 saturated heterocycles. The van der Waals surface area contributed by atoms with Crippen molar-refractivity contribution in [3.05, 3.63) is 6.67 Å². The monoisotopic (exact) mass is 107 g/mol. The number of halogens is 2. The molecule has 0 aromatic rings. The van der Waals surface area contributed by atoms with E-state index in [0.717, 1.165) is 0 Å². The minimum atomic E-state index is -0.326. The summed E-state index contributed by atoms with van der Waals surface area (Å²) < 4.78 is 22.2. The van der Waals surface area contributed by atoms with Crippen molar-refractivity contribution in [2.24, 2.45) is 0 Å². The van der Waals surface area contributed by atoms with Gasteiger partial charge in [0.05, 0.1) is 6.67 Å². The Balaban J connectivity index is 2.45. The molecule has 0 fully saturated rings. The molecule has 0 bridgehead atoms. The lowest BCUT2D eigenvalue weighted by atomic mass is 10.3. The van der Waals surface area contributed by atoms with Crippen molar-refractivity contribution < 1.29 is 8.78 Å². The van der Waals surface area contributed by atoms with Crippen molar-refractivity contribution >= 4 is 0 Å². The summed E-state index contributed by atoms with van der Waals surface area (Å²) in [6.45, 7) is 0.240. The number of unbranched alkanes of at least 4 members (excludes halogenated alkanes) is 2. The van der Waals surface area contributed by atoms with Crippen LogP contribution in [-0.4, -0.2) is 6.67 Å². The Hall–Kier alpha value is -0.140. The van der Waals surface area contributed by atoms with Gasteiger partial charge in [0.15, 0.2) is 0 Å². The van der Waals surface area contributed by atoms with Gasteiger partial charge in [0.1, 0.15) is 6.67 Å². The summed E-state index contributed by atoms with van der Waals surface area (Å²) in [6.07, 6.45) is 1.51. The standard InChI is InChI=1S/C5H9F2/c6-4-2-1-3-5-7/h4H,1-3,5H2. The van der Waals surface area contributed by atoms with Gasteiger partial charge in [-0.1, -0.05) is 0 Å². The van der Waals surface area contributed by atoms with E-state index in [1.807, 2.05) is 0 Å². The van der Waals surface area contributed by atoms with Gasteiger partial charge >= 0.3 is 0 Å². The van der Waals surface area contributed by atoms with Gasteiger partial charge in [-0.3, -0.25) is 4.39 Å². The second-order valence-electron chi connectivity index (χ2n) is 1.34. The van der Waals surface area contributed by atoms with Crippen molar-refractivity contribution in [2.75, 3.05) is 6.67 Å². The van der Waals surface area contributed by atoms with Gasteiger partial charge in [-0.05, 0) is 19.3 Å². The van der Waals surface area contributed by atoms with Gasteiger partial charge < -0.3 is 0 Å². The molecule has 0 rings (SSSR count). The molecular weight excluding hydrogens is 98.1 g/mol. The van der Waals surface area contributed by atoms with Crippen LogP contribution in [-0.2, 0) is 0 Å². The van der Waals surface area contributed by atoms with Crippen LogP contribution in [0.4, 0.5) is 8.78 Å². The molecule has 0 saturated carbocycles. The molecule has 0 amide bonds. The third-order valence-corrected chi connectivity index (χ3v) is 0.697. The van der Waals surface area contributed by atoms with Gasteiger partial charge in [0.2, 0.25) is 0 Å². The fourth-order valence-corrected chi connectivity index (χ4v) is 0.316. The molecular formula is C5H9F2. The summed E-state index contributed by atoms with van der Waals surface area (Å²) in [4.78, 5) is 0. The molecule has 0 aromatic heterocycles. The summed E-state index contributed by atoms with van der Waals surface area (Å²) in [7, 11) is 0. The lowest BCUT2D eigenvalue weighted by Gasteiger charge is -1.86. The Morgan fingerprint density at radius 1 is 1.29 bits per heavy atom. The molecule has 0 aliphatic carbocycles. The molecule has 0 aromatic carbocycles. The summed E-state index contributed by atoms with van der Waals surface area (Å²) >= 11 is 0. The van der Waals surface area contributed by atoms with Crippen LogP contribution in [0.25, 0.3) is 0 Å². The van der Waals surface area contributed by atoms with Crippen LogP contribution in [0.1, 0.15) is 19.3 Å². The van der Waals surface area contributed by atoms with Crippen molar-refractivity contribution in [1.29, 1.82) is 0 Å².